The lowest BCUT2D eigenvalue weighted by molar-refractivity contribution is 0.00578. The first kappa shape index (κ1) is 14.6. The number of nitrogens with zero attached hydrogens (tertiary/aromatic N) is 2. The molecule has 0 atom stereocenters. The monoisotopic (exact) mass is 264 g/mol. The van der Waals surface area contributed by atoms with E-state index in [0.717, 1.165) is 24.1 Å². The average Bonchev–Trinajstić information content (AvgIpc) is 2.75. The number of hydrogen-bond acceptors (Lipinski definition) is 3. The Morgan fingerprint density at radius 2 is 1.79 bits per heavy atom. The van der Waals surface area contributed by atoms with E-state index in [4.69, 9.17) is 9.31 Å². The third-order valence-corrected chi connectivity index (χ3v) is 4.37. The first-order valence-corrected chi connectivity index (χ1v) is 7.16. The molecule has 1 aromatic heterocycles. The summed E-state index contributed by atoms with van der Waals surface area (Å²) in [5, 5.41) is 4.45. The lowest BCUT2D eigenvalue weighted by atomic mass is 9.79. The molecule has 1 saturated heterocycles. The van der Waals surface area contributed by atoms with Crippen LogP contribution < -0.4 is 5.46 Å². The topological polar surface area (TPSA) is 36.3 Å². The second-order valence-electron chi connectivity index (χ2n) is 6.35. The van der Waals surface area contributed by atoms with Crippen molar-refractivity contribution in [3.63, 3.8) is 0 Å². The quantitative estimate of drug-likeness (QED) is 0.783. The molecule has 0 radical (unpaired) electrons. The van der Waals surface area contributed by atoms with Gasteiger partial charge in [0.2, 0.25) is 0 Å². The van der Waals surface area contributed by atoms with Gasteiger partial charge in [0.1, 0.15) is 0 Å². The Hall–Kier alpha value is -0.805. The Bertz CT molecular complexity index is 438. The van der Waals surface area contributed by atoms with Crippen LogP contribution in [0.3, 0.4) is 0 Å². The van der Waals surface area contributed by atoms with E-state index in [1.165, 1.54) is 6.42 Å². The Morgan fingerprint density at radius 3 is 2.32 bits per heavy atom. The van der Waals surface area contributed by atoms with Gasteiger partial charge in [0, 0.05) is 23.9 Å². The predicted molar refractivity (Wildman–Crippen MR) is 77.6 cm³/mol. The van der Waals surface area contributed by atoms with E-state index in [2.05, 4.69) is 46.6 Å². The molecule has 0 spiro atoms. The zero-order valence-electron chi connectivity index (χ0n) is 13.0. The fraction of sp³-hybridized carbons (Fsp3) is 0.786. The number of aromatic nitrogens is 2. The standard InChI is InChI=1S/C14H25BN2O2/c1-7-8-9-17-11(2)12(10-16-17)15-18-13(3,4)14(5,6)19-15/h10H,7-9H2,1-6H3. The minimum atomic E-state index is -0.305. The van der Waals surface area contributed by atoms with Crippen LogP contribution >= 0.6 is 0 Å². The van der Waals surface area contributed by atoms with Gasteiger partial charge in [-0.05, 0) is 41.0 Å². The summed E-state index contributed by atoms with van der Waals surface area (Å²) in [6.07, 6.45) is 4.20. The molecule has 19 heavy (non-hydrogen) atoms. The molecular weight excluding hydrogens is 239 g/mol. The number of unbranched alkanes of at least 4 members (excludes halogenated alkanes) is 1. The van der Waals surface area contributed by atoms with E-state index in [1.807, 2.05) is 10.9 Å². The zero-order valence-corrected chi connectivity index (χ0v) is 13.0. The number of rotatable bonds is 4. The zero-order chi connectivity index (χ0) is 14.3. The van der Waals surface area contributed by atoms with Crippen molar-refractivity contribution in [2.45, 2.75) is 72.1 Å². The Kier molecular flexibility index (Phi) is 3.80. The van der Waals surface area contributed by atoms with Crippen molar-refractivity contribution in [3.8, 4) is 0 Å². The third kappa shape index (κ3) is 2.58. The lowest BCUT2D eigenvalue weighted by Gasteiger charge is -2.32. The summed E-state index contributed by atoms with van der Waals surface area (Å²) < 4.78 is 14.2. The highest BCUT2D eigenvalue weighted by Crippen LogP contribution is 2.36. The maximum absolute atomic E-state index is 6.07. The minimum absolute atomic E-state index is 0.296. The Balaban J connectivity index is 2.18. The summed E-state index contributed by atoms with van der Waals surface area (Å²) in [6, 6.07) is 0. The van der Waals surface area contributed by atoms with Gasteiger partial charge in [-0.15, -0.1) is 0 Å². The fourth-order valence-corrected chi connectivity index (χ4v) is 2.20. The largest absolute Gasteiger partial charge is 0.498 e. The molecule has 1 fully saturated rings. The highest BCUT2D eigenvalue weighted by Gasteiger charge is 2.52. The first-order valence-electron chi connectivity index (χ1n) is 7.16. The summed E-state index contributed by atoms with van der Waals surface area (Å²) >= 11 is 0. The molecule has 0 unspecified atom stereocenters. The molecule has 0 saturated carbocycles. The predicted octanol–water partition coefficient (Wildman–Crippen LogP) is 2.29. The molecule has 0 amide bonds. The highest BCUT2D eigenvalue weighted by molar-refractivity contribution is 6.62. The highest BCUT2D eigenvalue weighted by atomic mass is 16.7. The van der Waals surface area contributed by atoms with Crippen LogP contribution in [0, 0.1) is 6.92 Å². The second-order valence-corrected chi connectivity index (χ2v) is 6.35. The van der Waals surface area contributed by atoms with Crippen molar-refractivity contribution in [2.24, 2.45) is 0 Å². The van der Waals surface area contributed by atoms with E-state index in [0.29, 0.717) is 0 Å². The fourth-order valence-electron chi connectivity index (χ4n) is 2.20. The third-order valence-electron chi connectivity index (χ3n) is 4.37. The average molecular weight is 264 g/mol. The molecular formula is C14H25BN2O2. The van der Waals surface area contributed by atoms with Crippen LogP contribution in [0.4, 0.5) is 0 Å². The molecule has 1 aliphatic heterocycles. The first-order chi connectivity index (χ1) is 8.78. The molecule has 0 bridgehead atoms. The van der Waals surface area contributed by atoms with Crippen LogP contribution in [-0.2, 0) is 15.9 Å². The summed E-state index contributed by atoms with van der Waals surface area (Å²) in [7, 11) is -0.305. The molecule has 106 valence electrons. The normalized spacial score (nSPS) is 21.1. The van der Waals surface area contributed by atoms with E-state index >= 15 is 0 Å². The smallest absolute Gasteiger partial charge is 0.399 e. The van der Waals surface area contributed by atoms with Crippen LogP contribution in [0.15, 0.2) is 6.20 Å². The van der Waals surface area contributed by atoms with E-state index in [9.17, 15) is 0 Å². The van der Waals surface area contributed by atoms with Gasteiger partial charge in [0.25, 0.3) is 0 Å². The lowest BCUT2D eigenvalue weighted by Crippen LogP contribution is -2.41. The molecule has 2 rings (SSSR count). The van der Waals surface area contributed by atoms with Crippen LogP contribution in [0.25, 0.3) is 0 Å². The Morgan fingerprint density at radius 1 is 1.21 bits per heavy atom. The summed E-state index contributed by atoms with van der Waals surface area (Å²) in [5.41, 5.74) is 1.60. The summed E-state index contributed by atoms with van der Waals surface area (Å²) in [6.45, 7) is 13.5. The summed E-state index contributed by atoms with van der Waals surface area (Å²) in [4.78, 5) is 0. The molecule has 1 aromatic rings. The maximum atomic E-state index is 6.07. The van der Waals surface area contributed by atoms with Gasteiger partial charge in [0.15, 0.2) is 0 Å². The van der Waals surface area contributed by atoms with Gasteiger partial charge in [-0.3, -0.25) is 4.68 Å². The second kappa shape index (κ2) is 4.95. The van der Waals surface area contributed by atoms with Gasteiger partial charge >= 0.3 is 7.12 Å². The van der Waals surface area contributed by atoms with Crippen LogP contribution in [0.5, 0.6) is 0 Å². The van der Waals surface area contributed by atoms with Gasteiger partial charge in [-0.1, -0.05) is 13.3 Å². The SMILES string of the molecule is CCCCn1ncc(B2OC(C)(C)C(C)(C)O2)c1C. The summed E-state index contributed by atoms with van der Waals surface area (Å²) in [5.74, 6) is 0. The van der Waals surface area contributed by atoms with E-state index in [-0.39, 0.29) is 18.3 Å². The number of hydrogen-bond donors (Lipinski definition) is 0. The molecule has 0 aliphatic carbocycles. The van der Waals surface area contributed by atoms with Crippen molar-refractivity contribution < 1.29 is 9.31 Å². The van der Waals surface area contributed by atoms with Gasteiger partial charge in [0.05, 0.1) is 11.2 Å². The van der Waals surface area contributed by atoms with Gasteiger partial charge in [-0.2, -0.15) is 5.10 Å². The molecule has 4 nitrogen and oxygen atoms in total. The molecule has 2 heterocycles. The van der Waals surface area contributed by atoms with Gasteiger partial charge < -0.3 is 9.31 Å². The van der Waals surface area contributed by atoms with Crippen LogP contribution in [0.1, 0.15) is 53.2 Å². The molecule has 0 N–H and O–H groups in total. The van der Waals surface area contributed by atoms with Crippen molar-refractivity contribution in [1.82, 2.24) is 9.78 Å². The molecule has 5 heteroatoms. The molecule has 1 aliphatic rings. The minimum Gasteiger partial charge on any atom is -0.399 e. The maximum Gasteiger partial charge on any atom is 0.498 e. The van der Waals surface area contributed by atoms with Crippen molar-refractivity contribution in [3.05, 3.63) is 11.9 Å². The van der Waals surface area contributed by atoms with Crippen LogP contribution in [-0.4, -0.2) is 28.1 Å². The van der Waals surface area contributed by atoms with Crippen molar-refractivity contribution >= 4 is 12.6 Å². The van der Waals surface area contributed by atoms with Crippen molar-refractivity contribution in [2.75, 3.05) is 0 Å². The number of aryl methyl sites for hydroxylation is 1. The van der Waals surface area contributed by atoms with E-state index in [1.54, 1.807) is 0 Å². The Labute approximate surface area is 116 Å². The molecule has 0 aromatic carbocycles. The van der Waals surface area contributed by atoms with Crippen LogP contribution in [0.2, 0.25) is 0 Å². The van der Waals surface area contributed by atoms with Gasteiger partial charge in [-0.25, -0.2) is 0 Å². The van der Waals surface area contributed by atoms with E-state index < -0.39 is 0 Å². The van der Waals surface area contributed by atoms with Crippen molar-refractivity contribution in [1.29, 1.82) is 0 Å².